The van der Waals surface area contributed by atoms with Crippen molar-refractivity contribution in [1.29, 1.82) is 0 Å². The lowest BCUT2D eigenvalue weighted by Gasteiger charge is -2.20. The molecule has 1 aromatic carbocycles. The molecule has 106 valence electrons. The fourth-order valence-corrected chi connectivity index (χ4v) is 2.91. The van der Waals surface area contributed by atoms with E-state index in [1.165, 1.54) is 11.3 Å². The van der Waals surface area contributed by atoms with Crippen LogP contribution in [0.4, 0.5) is 0 Å². The summed E-state index contributed by atoms with van der Waals surface area (Å²) in [5.74, 6) is 0.922. The topological polar surface area (TPSA) is 34.4 Å². The second-order valence-corrected chi connectivity index (χ2v) is 5.48. The van der Waals surface area contributed by atoms with E-state index in [1.807, 2.05) is 18.2 Å². The second-order valence-electron chi connectivity index (χ2n) is 5.48. The third kappa shape index (κ3) is 2.73. The molecule has 3 heteroatoms. The zero-order chi connectivity index (χ0) is 13.9. The Morgan fingerprint density at radius 1 is 1.35 bits per heavy atom. The van der Waals surface area contributed by atoms with Crippen molar-refractivity contribution in [2.75, 3.05) is 6.61 Å². The maximum atomic E-state index is 9.96. The Labute approximate surface area is 119 Å². The highest BCUT2D eigenvalue weighted by Gasteiger charge is 2.20. The van der Waals surface area contributed by atoms with Crippen LogP contribution in [-0.4, -0.2) is 16.3 Å². The number of aromatic nitrogens is 1. The van der Waals surface area contributed by atoms with Gasteiger partial charge in [-0.05, 0) is 49.9 Å². The molecule has 0 fully saturated rings. The minimum atomic E-state index is -0.280. The first kappa shape index (κ1) is 13.3. The average molecular weight is 271 g/mol. The number of aliphatic hydroxyl groups is 1. The summed E-state index contributed by atoms with van der Waals surface area (Å²) in [4.78, 5) is 0. The molecule has 0 saturated carbocycles. The number of nitrogens with zero attached hydrogens (tertiary/aromatic N) is 1. The van der Waals surface area contributed by atoms with Crippen LogP contribution in [0, 0.1) is 6.92 Å². The van der Waals surface area contributed by atoms with E-state index in [9.17, 15) is 5.11 Å². The highest BCUT2D eigenvalue weighted by Crippen LogP contribution is 2.30. The minimum Gasteiger partial charge on any atom is -0.492 e. The van der Waals surface area contributed by atoms with Crippen LogP contribution >= 0.6 is 0 Å². The molecule has 1 aliphatic carbocycles. The molecular weight excluding hydrogens is 250 g/mol. The Morgan fingerprint density at radius 2 is 2.25 bits per heavy atom. The van der Waals surface area contributed by atoms with Crippen molar-refractivity contribution in [2.45, 2.75) is 38.8 Å². The lowest BCUT2D eigenvalue weighted by atomic mass is 9.95. The Kier molecular flexibility index (Phi) is 3.79. The van der Waals surface area contributed by atoms with Gasteiger partial charge in [0, 0.05) is 17.5 Å². The number of hydrogen-bond donors (Lipinski definition) is 1. The number of aliphatic hydroxyl groups excluding tert-OH is 1. The van der Waals surface area contributed by atoms with Gasteiger partial charge >= 0.3 is 0 Å². The number of hydrogen-bond acceptors (Lipinski definition) is 2. The molecular formula is C17H21NO2. The zero-order valence-corrected chi connectivity index (χ0v) is 11.9. The summed E-state index contributed by atoms with van der Waals surface area (Å²) in [7, 11) is 0. The third-order valence-electron chi connectivity index (χ3n) is 3.95. The van der Waals surface area contributed by atoms with Gasteiger partial charge in [0.1, 0.15) is 12.4 Å². The number of aryl methyl sites for hydroxylation is 1. The van der Waals surface area contributed by atoms with Gasteiger partial charge in [0.25, 0.3) is 0 Å². The zero-order valence-electron chi connectivity index (χ0n) is 11.9. The van der Waals surface area contributed by atoms with Gasteiger partial charge in [-0.3, -0.25) is 0 Å². The molecule has 1 heterocycles. The van der Waals surface area contributed by atoms with E-state index in [-0.39, 0.29) is 6.10 Å². The normalized spacial score (nSPS) is 17.8. The van der Waals surface area contributed by atoms with Crippen LogP contribution in [0.2, 0.25) is 0 Å². The summed E-state index contributed by atoms with van der Waals surface area (Å²) in [6, 6.07) is 10.2. The van der Waals surface area contributed by atoms with E-state index in [2.05, 4.69) is 29.8 Å². The van der Waals surface area contributed by atoms with Crippen molar-refractivity contribution in [3.05, 3.63) is 53.3 Å². The average Bonchev–Trinajstić information content (AvgIpc) is 2.84. The van der Waals surface area contributed by atoms with Crippen LogP contribution in [0.3, 0.4) is 0 Å². The van der Waals surface area contributed by atoms with Gasteiger partial charge in [-0.15, -0.1) is 0 Å². The highest BCUT2D eigenvalue weighted by molar-refractivity contribution is 5.28. The maximum Gasteiger partial charge on any atom is 0.119 e. The number of fused-ring (bicyclic) bond motifs is 1. The number of ether oxygens (including phenoxy) is 1. The Balaban J connectivity index is 1.62. The summed E-state index contributed by atoms with van der Waals surface area (Å²) in [5.41, 5.74) is 3.59. The van der Waals surface area contributed by atoms with Gasteiger partial charge in [0.15, 0.2) is 0 Å². The fraction of sp³-hybridized carbons (Fsp3) is 0.412. The van der Waals surface area contributed by atoms with E-state index in [0.29, 0.717) is 6.61 Å². The summed E-state index contributed by atoms with van der Waals surface area (Å²) in [6.45, 7) is 3.55. The molecule has 1 unspecified atom stereocenters. The summed E-state index contributed by atoms with van der Waals surface area (Å²) in [5, 5.41) is 9.96. The molecule has 1 atom stereocenters. The summed E-state index contributed by atoms with van der Waals surface area (Å²) >= 11 is 0. The van der Waals surface area contributed by atoms with Gasteiger partial charge in [-0.1, -0.05) is 12.1 Å². The van der Waals surface area contributed by atoms with Gasteiger partial charge < -0.3 is 14.4 Å². The monoisotopic (exact) mass is 271 g/mol. The molecule has 1 aliphatic rings. The SMILES string of the molecule is Cc1cccc(OCCn2ccc3c2CCCC3O)c1. The van der Waals surface area contributed by atoms with Gasteiger partial charge in [0.2, 0.25) is 0 Å². The van der Waals surface area contributed by atoms with Crippen molar-refractivity contribution in [2.24, 2.45) is 0 Å². The van der Waals surface area contributed by atoms with Crippen molar-refractivity contribution in [1.82, 2.24) is 4.57 Å². The molecule has 0 bridgehead atoms. The number of rotatable bonds is 4. The number of benzene rings is 1. The van der Waals surface area contributed by atoms with Crippen LogP contribution in [0.25, 0.3) is 0 Å². The Bertz CT molecular complexity index is 588. The maximum absolute atomic E-state index is 9.96. The van der Waals surface area contributed by atoms with E-state index >= 15 is 0 Å². The quantitative estimate of drug-likeness (QED) is 0.926. The van der Waals surface area contributed by atoms with Gasteiger partial charge in [-0.25, -0.2) is 0 Å². The largest absolute Gasteiger partial charge is 0.492 e. The lowest BCUT2D eigenvalue weighted by Crippen LogP contribution is -2.14. The van der Waals surface area contributed by atoms with Crippen LogP contribution in [0.15, 0.2) is 36.5 Å². The molecule has 3 nitrogen and oxygen atoms in total. The first-order chi connectivity index (χ1) is 9.74. The van der Waals surface area contributed by atoms with Crippen LogP contribution in [0.1, 0.15) is 35.8 Å². The fourth-order valence-electron chi connectivity index (χ4n) is 2.91. The van der Waals surface area contributed by atoms with E-state index in [1.54, 1.807) is 0 Å². The minimum absolute atomic E-state index is 0.280. The standard InChI is InChI=1S/C17H21NO2/c1-13-4-2-5-14(12-13)20-11-10-18-9-8-15-16(18)6-3-7-17(15)19/h2,4-5,8-9,12,17,19H,3,6-7,10-11H2,1H3. The Morgan fingerprint density at radius 3 is 3.10 bits per heavy atom. The molecule has 2 aromatic rings. The molecule has 0 saturated heterocycles. The lowest BCUT2D eigenvalue weighted by molar-refractivity contribution is 0.155. The molecule has 20 heavy (non-hydrogen) atoms. The van der Waals surface area contributed by atoms with Crippen molar-refractivity contribution >= 4 is 0 Å². The van der Waals surface area contributed by atoms with Crippen molar-refractivity contribution in [3.8, 4) is 5.75 Å². The second kappa shape index (κ2) is 5.71. The first-order valence-electron chi connectivity index (χ1n) is 7.29. The molecule has 0 radical (unpaired) electrons. The van der Waals surface area contributed by atoms with Gasteiger partial charge in [-0.2, -0.15) is 0 Å². The van der Waals surface area contributed by atoms with Crippen LogP contribution in [-0.2, 0) is 13.0 Å². The predicted octanol–water partition coefficient (Wildman–Crippen LogP) is 3.25. The summed E-state index contributed by atoms with van der Waals surface area (Å²) in [6.07, 6.45) is 4.80. The van der Waals surface area contributed by atoms with E-state index in [0.717, 1.165) is 37.1 Å². The third-order valence-corrected chi connectivity index (χ3v) is 3.95. The Hall–Kier alpha value is -1.74. The van der Waals surface area contributed by atoms with Gasteiger partial charge in [0.05, 0.1) is 12.6 Å². The van der Waals surface area contributed by atoms with Crippen molar-refractivity contribution < 1.29 is 9.84 Å². The van der Waals surface area contributed by atoms with E-state index in [4.69, 9.17) is 4.74 Å². The molecule has 0 amide bonds. The molecule has 3 rings (SSSR count). The highest BCUT2D eigenvalue weighted by atomic mass is 16.5. The molecule has 0 spiro atoms. The predicted molar refractivity (Wildman–Crippen MR) is 79.0 cm³/mol. The van der Waals surface area contributed by atoms with Crippen LogP contribution < -0.4 is 4.74 Å². The first-order valence-corrected chi connectivity index (χ1v) is 7.29. The van der Waals surface area contributed by atoms with E-state index < -0.39 is 0 Å². The molecule has 1 N–H and O–H groups in total. The smallest absolute Gasteiger partial charge is 0.119 e. The van der Waals surface area contributed by atoms with Crippen LogP contribution in [0.5, 0.6) is 5.75 Å². The molecule has 1 aromatic heterocycles. The molecule has 0 aliphatic heterocycles. The summed E-state index contributed by atoms with van der Waals surface area (Å²) < 4.78 is 8.01. The van der Waals surface area contributed by atoms with Crippen molar-refractivity contribution in [3.63, 3.8) is 0 Å².